The number of ether oxygens (including phenoxy) is 1. The fourth-order valence-electron chi connectivity index (χ4n) is 7.15. The highest BCUT2D eigenvalue weighted by Crippen LogP contribution is 2.64. The highest BCUT2D eigenvalue weighted by molar-refractivity contribution is 5.78. The zero-order chi connectivity index (χ0) is 22.5. The van der Waals surface area contributed by atoms with Crippen molar-refractivity contribution in [3.05, 3.63) is 59.5 Å². The summed E-state index contributed by atoms with van der Waals surface area (Å²) in [6.45, 7) is 5.29. The Bertz CT molecular complexity index is 992. The van der Waals surface area contributed by atoms with Crippen molar-refractivity contribution in [3.63, 3.8) is 0 Å². The predicted molar refractivity (Wildman–Crippen MR) is 128 cm³/mol. The summed E-state index contributed by atoms with van der Waals surface area (Å²) < 4.78 is 5.83. The number of likely N-dealkylation sites (N-methyl/N-ethyl adjacent to an activating group) is 1. The lowest BCUT2D eigenvalue weighted by Crippen LogP contribution is -2.47. The molecule has 0 aliphatic heterocycles. The maximum atomic E-state index is 12.2. The third-order valence-corrected chi connectivity index (χ3v) is 8.82. The van der Waals surface area contributed by atoms with Crippen molar-refractivity contribution in [2.24, 2.45) is 22.7 Å². The molecule has 32 heavy (non-hydrogen) atoms. The molecule has 0 saturated heterocycles. The van der Waals surface area contributed by atoms with Crippen molar-refractivity contribution in [2.75, 3.05) is 20.6 Å². The van der Waals surface area contributed by atoms with Gasteiger partial charge in [-0.15, -0.1) is 0 Å². The predicted octanol–water partition coefficient (Wildman–Crippen LogP) is 5.43. The number of aromatic nitrogens is 1. The van der Waals surface area contributed by atoms with Crippen LogP contribution in [0.25, 0.3) is 5.57 Å². The number of carbonyl (C=O) groups is 1. The molecular formula is C28H36N2O2. The Labute approximate surface area is 192 Å². The average Bonchev–Trinajstić information content (AvgIpc) is 3.11. The van der Waals surface area contributed by atoms with E-state index in [0.717, 1.165) is 25.7 Å². The van der Waals surface area contributed by atoms with Gasteiger partial charge in [0.2, 0.25) is 0 Å². The first-order chi connectivity index (χ1) is 15.3. The summed E-state index contributed by atoms with van der Waals surface area (Å²) in [6.07, 6.45) is 17.8. The molecule has 0 amide bonds. The van der Waals surface area contributed by atoms with Gasteiger partial charge in [-0.05, 0) is 80.7 Å². The second-order valence-electron chi connectivity index (χ2n) is 11.0. The van der Waals surface area contributed by atoms with Crippen molar-refractivity contribution in [3.8, 4) is 0 Å². The number of nitrogens with zero attached hydrogens (tertiary/aromatic N) is 2. The number of rotatable bonds is 4. The van der Waals surface area contributed by atoms with E-state index in [-0.39, 0.29) is 22.9 Å². The molecule has 0 unspecified atom stereocenters. The molecule has 0 radical (unpaired) electrons. The van der Waals surface area contributed by atoms with Gasteiger partial charge in [-0.3, -0.25) is 14.7 Å². The molecule has 0 spiro atoms. The van der Waals surface area contributed by atoms with Crippen molar-refractivity contribution in [2.45, 2.75) is 58.5 Å². The van der Waals surface area contributed by atoms with Crippen LogP contribution in [0.2, 0.25) is 0 Å². The lowest BCUT2D eigenvalue weighted by atomic mass is 9.49. The number of fused-ring (bicyclic) bond motifs is 5. The van der Waals surface area contributed by atoms with Crippen LogP contribution in [-0.4, -0.2) is 42.6 Å². The normalized spacial score (nSPS) is 35.8. The molecule has 0 bridgehead atoms. The van der Waals surface area contributed by atoms with E-state index in [1.165, 1.54) is 29.6 Å². The Kier molecular flexibility index (Phi) is 5.40. The van der Waals surface area contributed by atoms with E-state index in [1.54, 1.807) is 5.57 Å². The zero-order valence-electron chi connectivity index (χ0n) is 19.9. The van der Waals surface area contributed by atoms with Gasteiger partial charge in [0.15, 0.2) is 0 Å². The molecule has 2 fully saturated rings. The number of allylic oxidation sites excluding steroid dienone is 5. The Morgan fingerprint density at radius 1 is 1.22 bits per heavy atom. The van der Waals surface area contributed by atoms with Crippen LogP contribution >= 0.6 is 0 Å². The summed E-state index contributed by atoms with van der Waals surface area (Å²) in [7, 11) is 3.82. The molecule has 4 aliphatic rings. The van der Waals surface area contributed by atoms with E-state index in [0.29, 0.717) is 18.4 Å². The molecular weight excluding hydrogens is 396 g/mol. The number of pyridine rings is 1. The van der Waals surface area contributed by atoms with E-state index in [2.05, 4.69) is 43.1 Å². The van der Waals surface area contributed by atoms with E-state index in [4.69, 9.17) is 4.74 Å². The highest BCUT2D eigenvalue weighted by atomic mass is 16.5. The lowest BCUT2D eigenvalue weighted by Gasteiger charge is -2.56. The first-order valence-corrected chi connectivity index (χ1v) is 12.2. The topological polar surface area (TPSA) is 42.4 Å². The fourth-order valence-corrected chi connectivity index (χ4v) is 7.15. The van der Waals surface area contributed by atoms with Gasteiger partial charge in [0, 0.05) is 24.2 Å². The van der Waals surface area contributed by atoms with Crippen LogP contribution in [0.1, 0.15) is 57.9 Å². The fraction of sp³-hybridized carbons (Fsp3) is 0.571. The van der Waals surface area contributed by atoms with Crippen LogP contribution in [0, 0.1) is 22.7 Å². The first-order valence-electron chi connectivity index (χ1n) is 12.2. The minimum Gasteiger partial charge on any atom is -0.461 e. The van der Waals surface area contributed by atoms with Crippen LogP contribution in [0.3, 0.4) is 0 Å². The summed E-state index contributed by atoms with van der Waals surface area (Å²) in [5.74, 6) is 1.19. The summed E-state index contributed by atoms with van der Waals surface area (Å²) in [5.41, 5.74) is 6.23. The highest BCUT2D eigenvalue weighted by Gasteiger charge is 2.54. The van der Waals surface area contributed by atoms with Gasteiger partial charge in [-0.1, -0.05) is 49.3 Å². The minimum absolute atomic E-state index is 0.0386. The molecule has 1 aromatic heterocycles. The van der Waals surface area contributed by atoms with Crippen molar-refractivity contribution >= 4 is 11.5 Å². The maximum Gasteiger partial charge on any atom is 0.320 e. The van der Waals surface area contributed by atoms with Gasteiger partial charge >= 0.3 is 5.97 Å². The van der Waals surface area contributed by atoms with Crippen LogP contribution < -0.4 is 0 Å². The smallest absolute Gasteiger partial charge is 0.320 e. The molecule has 1 heterocycles. The second-order valence-corrected chi connectivity index (χ2v) is 11.0. The molecule has 0 aromatic carbocycles. The van der Waals surface area contributed by atoms with Gasteiger partial charge in [-0.2, -0.15) is 0 Å². The Hall–Kier alpha value is -2.20. The molecule has 4 aliphatic carbocycles. The van der Waals surface area contributed by atoms with E-state index in [1.807, 2.05) is 37.5 Å². The largest absolute Gasteiger partial charge is 0.461 e. The van der Waals surface area contributed by atoms with Crippen LogP contribution in [-0.2, 0) is 9.53 Å². The zero-order valence-corrected chi connectivity index (χ0v) is 19.9. The van der Waals surface area contributed by atoms with Crippen LogP contribution in [0.15, 0.2) is 53.9 Å². The van der Waals surface area contributed by atoms with Gasteiger partial charge in [-0.25, -0.2) is 0 Å². The van der Waals surface area contributed by atoms with Crippen molar-refractivity contribution < 1.29 is 9.53 Å². The SMILES string of the molecule is CN(C)CC(=O)O[C@H]1CC[C@@]2(C)C(=CC[C@H]3C4=CC=C(c5cccnc5)[C@@]4(C)CC[C@@H]32)C1. The Balaban J connectivity index is 1.34. The lowest BCUT2D eigenvalue weighted by molar-refractivity contribution is -0.151. The van der Waals surface area contributed by atoms with E-state index in [9.17, 15) is 4.79 Å². The standard InChI is InChI=1S/C28H36N2O2/c1-27-13-11-21(32-26(31)18-30(3)4)16-20(27)7-8-22-24-10-9-23(19-6-5-15-29-17-19)28(24,2)14-12-25(22)27/h5-7,9-10,15,17,21-22,25H,8,11-14,16,18H2,1-4H3/t21-,22-,25-,27-,28+/m0/s1. The summed E-state index contributed by atoms with van der Waals surface area (Å²) in [5, 5.41) is 0. The third-order valence-electron chi connectivity index (χ3n) is 8.82. The Morgan fingerprint density at radius 3 is 2.81 bits per heavy atom. The molecule has 5 rings (SSSR count). The van der Waals surface area contributed by atoms with Gasteiger partial charge < -0.3 is 4.74 Å². The van der Waals surface area contributed by atoms with Gasteiger partial charge in [0.25, 0.3) is 0 Å². The Morgan fingerprint density at radius 2 is 2.06 bits per heavy atom. The van der Waals surface area contributed by atoms with Crippen molar-refractivity contribution in [1.29, 1.82) is 0 Å². The van der Waals surface area contributed by atoms with Crippen LogP contribution in [0.5, 0.6) is 0 Å². The molecule has 0 N–H and O–H groups in total. The number of hydrogen-bond donors (Lipinski definition) is 0. The minimum atomic E-state index is -0.101. The quantitative estimate of drug-likeness (QED) is 0.470. The maximum absolute atomic E-state index is 12.2. The molecule has 170 valence electrons. The second kappa shape index (κ2) is 7.98. The number of esters is 1. The molecule has 1 aromatic rings. The third kappa shape index (κ3) is 3.48. The first kappa shape index (κ1) is 21.6. The molecule has 4 heteroatoms. The average molecular weight is 433 g/mol. The van der Waals surface area contributed by atoms with Gasteiger partial charge in [0.1, 0.15) is 6.10 Å². The van der Waals surface area contributed by atoms with E-state index < -0.39 is 0 Å². The summed E-state index contributed by atoms with van der Waals surface area (Å²) in [6, 6.07) is 4.25. The number of carbonyl (C=O) groups excluding carboxylic acids is 1. The van der Waals surface area contributed by atoms with E-state index >= 15 is 0 Å². The molecule has 4 nitrogen and oxygen atoms in total. The molecule has 2 saturated carbocycles. The summed E-state index contributed by atoms with van der Waals surface area (Å²) in [4.78, 5) is 18.4. The number of hydrogen-bond acceptors (Lipinski definition) is 4. The summed E-state index contributed by atoms with van der Waals surface area (Å²) >= 11 is 0. The molecule has 5 atom stereocenters. The van der Waals surface area contributed by atoms with Crippen molar-refractivity contribution in [1.82, 2.24) is 9.88 Å². The van der Waals surface area contributed by atoms with Crippen LogP contribution in [0.4, 0.5) is 0 Å². The monoisotopic (exact) mass is 432 g/mol. The van der Waals surface area contributed by atoms with Gasteiger partial charge in [0.05, 0.1) is 6.54 Å².